The Labute approximate surface area is 174 Å². The Hall–Kier alpha value is -1.86. The monoisotopic (exact) mass is 423 g/mol. The van der Waals surface area contributed by atoms with Crippen LogP contribution in [-0.2, 0) is 9.59 Å². The minimum absolute atomic E-state index is 0.00894. The van der Waals surface area contributed by atoms with Gasteiger partial charge >= 0.3 is 0 Å². The third kappa shape index (κ3) is 4.36. The molecular formula is C21H27ClFN3O3. The van der Waals surface area contributed by atoms with Gasteiger partial charge in [0.2, 0.25) is 5.91 Å². The lowest BCUT2D eigenvalue weighted by atomic mass is 9.39. The zero-order valence-corrected chi connectivity index (χ0v) is 17.1. The van der Waals surface area contributed by atoms with E-state index in [-0.39, 0.29) is 40.1 Å². The number of amides is 2. The molecule has 8 heteroatoms. The third-order valence-electron chi connectivity index (χ3n) is 6.41. The second kappa shape index (κ2) is 8.11. The summed E-state index contributed by atoms with van der Waals surface area (Å²) in [5.74, 6) is 0.168. The average Bonchev–Trinajstić information content (AvgIpc) is 2.65. The van der Waals surface area contributed by atoms with E-state index in [0.29, 0.717) is 25.2 Å². The number of halogens is 2. The number of carbonyl (C=O) groups excluding carboxylic acids is 2. The van der Waals surface area contributed by atoms with E-state index in [1.165, 1.54) is 25.0 Å². The molecule has 4 fully saturated rings. The van der Waals surface area contributed by atoms with Crippen LogP contribution in [-0.4, -0.2) is 43.6 Å². The molecule has 0 aromatic heterocycles. The Bertz CT molecular complexity index is 778. The van der Waals surface area contributed by atoms with E-state index in [0.717, 1.165) is 32.1 Å². The summed E-state index contributed by atoms with van der Waals surface area (Å²) in [6, 6.07) is 4.06. The standard InChI is InChI=1S/C21H27ClFN3O3/c22-16-4-3-15(8-17(16)23)29-10-18(27)26-21-11-20(12-21,13-21)19(28)25-7-5-14-2-1-6-24-9-14/h3-4,8,14,24H,1-2,5-7,9-13H2,(H,25,28)(H,26,27). The van der Waals surface area contributed by atoms with E-state index in [2.05, 4.69) is 16.0 Å². The van der Waals surface area contributed by atoms with Gasteiger partial charge in [0.15, 0.2) is 6.61 Å². The molecule has 3 saturated carbocycles. The minimum Gasteiger partial charge on any atom is -0.484 e. The molecule has 1 aliphatic heterocycles. The van der Waals surface area contributed by atoms with E-state index >= 15 is 0 Å². The number of benzene rings is 1. The van der Waals surface area contributed by atoms with E-state index in [4.69, 9.17) is 16.3 Å². The molecule has 1 aromatic carbocycles. The zero-order chi connectivity index (χ0) is 20.5. The number of hydrogen-bond acceptors (Lipinski definition) is 4. The SMILES string of the molecule is O=C(COc1ccc(Cl)c(F)c1)NC12CC(C(=O)NCCC3CCCNC3)(C1)C2. The first-order valence-electron chi connectivity index (χ1n) is 10.3. The van der Waals surface area contributed by atoms with Crippen molar-refractivity contribution in [1.82, 2.24) is 16.0 Å². The van der Waals surface area contributed by atoms with Crippen LogP contribution in [0.25, 0.3) is 0 Å². The maximum absolute atomic E-state index is 13.4. The predicted octanol–water partition coefficient (Wildman–Crippen LogP) is 2.40. The maximum Gasteiger partial charge on any atom is 0.258 e. The van der Waals surface area contributed by atoms with Crippen molar-refractivity contribution in [3.05, 3.63) is 29.0 Å². The molecule has 5 rings (SSSR count). The van der Waals surface area contributed by atoms with Crippen molar-refractivity contribution in [3.8, 4) is 5.75 Å². The summed E-state index contributed by atoms with van der Waals surface area (Å²) in [5.41, 5.74) is -0.589. The van der Waals surface area contributed by atoms with Crippen LogP contribution in [0.2, 0.25) is 5.02 Å². The van der Waals surface area contributed by atoms with Crippen LogP contribution < -0.4 is 20.7 Å². The van der Waals surface area contributed by atoms with Crippen molar-refractivity contribution in [2.45, 2.75) is 44.1 Å². The van der Waals surface area contributed by atoms with Crippen LogP contribution in [0, 0.1) is 17.2 Å². The second-order valence-electron chi connectivity index (χ2n) is 8.76. The van der Waals surface area contributed by atoms with Crippen LogP contribution >= 0.6 is 11.6 Å². The molecule has 0 radical (unpaired) electrons. The summed E-state index contributed by atoms with van der Waals surface area (Å²) in [4.78, 5) is 24.7. The first-order chi connectivity index (χ1) is 13.9. The van der Waals surface area contributed by atoms with E-state index in [1.807, 2.05) is 0 Å². The Morgan fingerprint density at radius 2 is 2.10 bits per heavy atom. The highest BCUT2D eigenvalue weighted by Gasteiger charge is 2.72. The maximum atomic E-state index is 13.4. The molecule has 1 aromatic rings. The number of rotatable bonds is 8. The van der Waals surface area contributed by atoms with Crippen molar-refractivity contribution < 1.29 is 18.7 Å². The van der Waals surface area contributed by atoms with Gasteiger partial charge in [0, 0.05) is 18.2 Å². The fraction of sp³-hybridized carbons (Fsp3) is 0.619. The minimum atomic E-state index is -0.586. The van der Waals surface area contributed by atoms with Gasteiger partial charge in [-0.15, -0.1) is 0 Å². The first-order valence-corrected chi connectivity index (χ1v) is 10.7. The van der Waals surface area contributed by atoms with Crippen molar-refractivity contribution in [2.24, 2.45) is 11.3 Å². The summed E-state index contributed by atoms with van der Waals surface area (Å²) in [7, 11) is 0. The normalized spacial score (nSPS) is 29.9. The molecule has 6 nitrogen and oxygen atoms in total. The molecule has 1 atom stereocenters. The van der Waals surface area contributed by atoms with Crippen LogP contribution in [0.4, 0.5) is 4.39 Å². The smallest absolute Gasteiger partial charge is 0.258 e. The molecule has 1 saturated heterocycles. The fourth-order valence-corrected chi connectivity index (χ4v) is 5.07. The van der Waals surface area contributed by atoms with Crippen molar-refractivity contribution in [3.63, 3.8) is 0 Å². The summed E-state index contributed by atoms with van der Waals surface area (Å²) >= 11 is 5.63. The van der Waals surface area contributed by atoms with Crippen LogP contribution in [0.3, 0.4) is 0 Å². The van der Waals surface area contributed by atoms with Gasteiger partial charge < -0.3 is 20.7 Å². The van der Waals surface area contributed by atoms with Gasteiger partial charge in [0.05, 0.1) is 10.4 Å². The summed E-state index contributed by atoms with van der Waals surface area (Å²) in [6.07, 6.45) is 5.49. The first kappa shape index (κ1) is 20.4. The average molecular weight is 424 g/mol. The molecule has 3 aliphatic carbocycles. The van der Waals surface area contributed by atoms with Gasteiger partial charge in [-0.05, 0) is 69.7 Å². The van der Waals surface area contributed by atoms with Crippen LogP contribution in [0.5, 0.6) is 5.75 Å². The Kier molecular flexibility index (Phi) is 5.71. The third-order valence-corrected chi connectivity index (χ3v) is 6.72. The largest absolute Gasteiger partial charge is 0.484 e. The van der Waals surface area contributed by atoms with E-state index < -0.39 is 5.82 Å². The van der Waals surface area contributed by atoms with Crippen molar-refractivity contribution in [1.29, 1.82) is 0 Å². The molecule has 1 unspecified atom stereocenters. The molecule has 0 spiro atoms. The lowest BCUT2D eigenvalue weighted by Crippen LogP contribution is -2.78. The van der Waals surface area contributed by atoms with Crippen molar-refractivity contribution in [2.75, 3.05) is 26.2 Å². The van der Waals surface area contributed by atoms with E-state index in [1.54, 1.807) is 0 Å². The van der Waals surface area contributed by atoms with Crippen LogP contribution in [0.15, 0.2) is 18.2 Å². The highest BCUT2D eigenvalue weighted by Crippen LogP contribution is 2.67. The summed E-state index contributed by atoms with van der Waals surface area (Å²) < 4.78 is 18.7. The number of piperidine rings is 1. The molecule has 1 heterocycles. The highest BCUT2D eigenvalue weighted by molar-refractivity contribution is 6.30. The Morgan fingerprint density at radius 3 is 2.79 bits per heavy atom. The number of carbonyl (C=O) groups is 2. The highest BCUT2D eigenvalue weighted by atomic mass is 35.5. The van der Waals surface area contributed by atoms with Gasteiger partial charge in [-0.1, -0.05) is 11.6 Å². The van der Waals surface area contributed by atoms with Gasteiger partial charge in [-0.3, -0.25) is 9.59 Å². The quantitative estimate of drug-likeness (QED) is 0.600. The second-order valence-corrected chi connectivity index (χ2v) is 9.17. The topological polar surface area (TPSA) is 79.5 Å². The number of nitrogens with one attached hydrogen (secondary N) is 3. The lowest BCUT2D eigenvalue weighted by molar-refractivity contribution is -0.183. The summed E-state index contributed by atoms with van der Waals surface area (Å²) in [5, 5.41) is 9.46. The number of hydrogen-bond donors (Lipinski definition) is 3. The molecule has 4 aliphatic rings. The Morgan fingerprint density at radius 1 is 1.31 bits per heavy atom. The lowest BCUT2D eigenvalue weighted by Gasteiger charge is -2.69. The van der Waals surface area contributed by atoms with Crippen molar-refractivity contribution >= 4 is 23.4 Å². The van der Waals surface area contributed by atoms with Gasteiger partial charge in [-0.25, -0.2) is 4.39 Å². The molecule has 3 N–H and O–H groups in total. The molecule has 2 bridgehead atoms. The molecular weight excluding hydrogens is 397 g/mol. The molecule has 158 valence electrons. The number of ether oxygens (including phenoxy) is 1. The molecule has 2 amide bonds. The van der Waals surface area contributed by atoms with Gasteiger partial charge in [0.1, 0.15) is 11.6 Å². The predicted molar refractivity (Wildman–Crippen MR) is 107 cm³/mol. The van der Waals surface area contributed by atoms with Crippen LogP contribution in [0.1, 0.15) is 38.5 Å². The Balaban J connectivity index is 1.15. The fourth-order valence-electron chi connectivity index (χ4n) is 4.96. The molecule has 29 heavy (non-hydrogen) atoms. The van der Waals surface area contributed by atoms with E-state index in [9.17, 15) is 14.0 Å². The van der Waals surface area contributed by atoms with Gasteiger partial charge in [-0.2, -0.15) is 0 Å². The summed E-state index contributed by atoms with van der Waals surface area (Å²) in [6.45, 7) is 2.66. The zero-order valence-electron chi connectivity index (χ0n) is 16.4. The van der Waals surface area contributed by atoms with Gasteiger partial charge in [0.25, 0.3) is 5.91 Å².